The first kappa shape index (κ1) is 20.2. The van der Waals surface area contributed by atoms with E-state index in [-0.39, 0.29) is 5.91 Å². The van der Waals surface area contributed by atoms with Crippen LogP contribution in [0.4, 0.5) is 18.9 Å². The number of rotatable bonds is 2. The molecule has 3 heterocycles. The molecule has 0 atom stereocenters. The number of alkyl halides is 3. The number of hydrogen-bond acceptors (Lipinski definition) is 3. The van der Waals surface area contributed by atoms with Crippen molar-refractivity contribution >= 4 is 22.5 Å². The van der Waals surface area contributed by atoms with E-state index >= 15 is 0 Å². The van der Waals surface area contributed by atoms with Gasteiger partial charge in [-0.15, -0.1) is 0 Å². The van der Waals surface area contributed by atoms with E-state index in [0.717, 1.165) is 34.5 Å². The Kier molecular flexibility index (Phi) is 4.54. The summed E-state index contributed by atoms with van der Waals surface area (Å²) in [7, 11) is 0. The molecule has 0 saturated heterocycles. The number of hydrogen-bond donors (Lipinski definition) is 0. The fourth-order valence-corrected chi connectivity index (χ4v) is 4.16. The normalized spacial score (nSPS) is 14.2. The lowest BCUT2D eigenvalue weighted by Gasteiger charge is -2.29. The molecule has 8 heteroatoms. The van der Waals surface area contributed by atoms with Crippen LogP contribution in [0, 0.1) is 13.8 Å². The van der Waals surface area contributed by atoms with Crippen molar-refractivity contribution in [2.45, 2.75) is 26.6 Å². The fourth-order valence-electron chi connectivity index (χ4n) is 4.16. The minimum absolute atomic E-state index is 0.0774. The van der Waals surface area contributed by atoms with Gasteiger partial charge in [-0.25, -0.2) is 4.98 Å². The standard InChI is InChI=1S/C24H19F3N4O/c1-14-11-16(19-6-3-17-12-18(24(25,26)27)5-7-20(17)29-19)4-8-21(14)30-9-10-31-22(23(30)32)15(2)13-28-31/h3-8,11-13H,9-10H2,1-2H3. The molecule has 162 valence electrons. The molecular formula is C24H19F3N4O. The molecule has 32 heavy (non-hydrogen) atoms. The number of nitrogens with zero attached hydrogens (tertiary/aromatic N) is 4. The molecule has 0 N–H and O–H groups in total. The lowest BCUT2D eigenvalue weighted by atomic mass is 10.0. The summed E-state index contributed by atoms with van der Waals surface area (Å²) in [5, 5.41) is 4.69. The summed E-state index contributed by atoms with van der Waals surface area (Å²) >= 11 is 0. The maximum absolute atomic E-state index is 13.0. The van der Waals surface area contributed by atoms with Gasteiger partial charge in [0.1, 0.15) is 5.69 Å². The lowest BCUT2D eigenvalue weighted by Crippen LogP contribution is -2.41. The van der Waals surface area contributed by atoms with Crippen LogP contribution in [0.3, 0.4) is 0 Å². The first-order valence-corrected chi connectivity index (χ1v) is 10.2. The highest BCUT2D eigenvalue weighted by molar-refractivity contribution is 6.07. The maximum atomic E-state index is 13.0. The molecule has 5 rings (SSSR count). The Balaban J connectivity index is 1.47. The van der Waals surface area contributed by atoms with E-state index in [1.54, 1.807) is 27.9 Å². The number of carbonyl (C=O) groups is 1. The summed E-state index contributed by atoms with van der Waals surface area (Å²) in [5.74, 6) is -0.0774. The fraction of sp³-hybridized carbons (Fsp3) is 0.208. The molecule has 5 nitrogen and oxygen atoms in total. The monoisotopic (exact) mass is 436 g/mol. The average molecular weight is 436 g/mol. The topological polar surface area (TPSA) is 51.0 Å². The van der Waals surface area contributed by atoms with Gasteiger partial charge in [0.15, 0.2) is 0 Å². The number of benzene rings is 2. The van der Waals surface area contributed by atoms with E-state index in [2.05, 4.69) is 10.1 Å². The van der Waals surface area contributed by atoms with Gasteiger partial charge in [0, 0.05) is 28.7 Å². The van der Waals surface area contributed by atoms with Gasteiger partial charge in [-0.1, -0.05) is 12.1 Å². The Bertz CT molecular complexity index is 1370. The van der Waals surface area contributed by atoms with Crippen LogP contribution in [-0.2, 0) is 12.7 Å². The quantitative estimate of drug-likeness (QED) is 0.423. The molecule has 0 aliphatic carbocycles. The zero-order chi connectivity index (χ0) is 22.6. The molecular weight excluding hydrogens is 417 g/mol. The molecule has 0 saturated carbocycles. The maximum Gasteiger partial charge on any atom is 0.416 e. The van der Waals surface area contributed by atoms with E-state index in [1.165, 1.54) is 6.07 Å². The van der Waals surface area contributed by atoms with Crippen LogP contribution in [0.15, 0.2) is 54.7 Å². The van der Waals surface area contributed by atoms with Gasteiger partial charge in [-0.05, 0) is 55.8 Å². The predicted molar refractivity (Wildman–Crippen MR) is 116 cm³/mol. The molecule has 0 fully saturated rings. The van der Waals surface area contributed by atoms with Crippen molar-refractivity contribution in [3.63, 3.8) is 0 Å². The van der Waals surface area contributed by atoms with Crippen molar-refractivity contribution < 1.29 is 18.0 Å². The molecule has 1 amide bonds. The van der Waals surface area contributed by atoms with Crippen molar-refractivity contribution in [2.75, 3.05) is 11.4 Å². The Hall–Kier alpha value is -3.68. The number of anilines is 1. The van der Waals surface area contributed by atoms with Crippen molar-refractivity contribution in [1.82, 2.24) is 14.8 Å². The minimum Gasteiger partial charge on any atom is -0.305 e. The first-order valence-electron chi connectivity index (χ1n) is 10.2. The minimum atomic E-state index is -4.39. The highest BCUT2D eigenvalue weighted by Gasteiger charge is 2.31. The van der Waals surface area contributed by atoms with Crippen LogP contribution in [0.5, 0.6) is 0 Å². The zero-order valence-corrected chi connectivity index (χ0v) is 17.4. The molecule has 1 aliphatic heterocycles. The average Bonchev–Trinajstić information content (AvgIpc) is 3.14. The highest BCUT2D eigenvalue weighted by atomic mass is 19.4. The number of pyridine rings is 1. The second-order valence-electron chi connectivity index (χ2n) is 7.96. The van der Waals surface area contributed by atoms with Crippen molar-refractivity contribution in [1.29, 1.82) is 0 Å². The highest BCUT2D eigenvalue weighted by Crippen LogP contribution is 2.33. The van der Waals surface area contributed by atoms with Crippen LogP contribution in [0.2, 0.25) is 0 Å². The molecule has 0 spiro atoms. The van der Waals surface area contributed by atoms with Crippen molar-refractivity contribution in [3.05, 3.63) is 77.1 Å². The van der Waals surface area contributed by atoms with Crippen LogP contribution in [0.25, 0.3) is 22.2 Å². The number of halogens is 3. The number of fused-ring (bicyclic) bond motifs is 2. The van der Waals surface area contributed by atoms with Gasteiger partial charge < -0.3 is 4.90 Å². The molecule has 4 aromatic rings. The van der Waals surface area contributed by atoms with E-state index in [0.29, 0.717) is 35.4 Å². The van der Waals surface area contributed by atoms with Crippen LogP contribution in [0.1, 0.15) is 27.2 Å². The van der Waals surface area contributed by atoms with Gasteiger partial charge in [0.05, 0.1) is 29.5 Å². The van der Waals surface area contributed by atoms with Crippen LogP contribution in [-0.4, -0.2) is 27.2 Å². The predicted octanol–water partition coefficient (Wildman–Crippen LogP) is 5.39. The second kappa shape index (κ2) is 7.19. The molecule has 0 bridgehead atoms. The van der Waals surface area contributed by atoms with E-state index in [9.17, 15) is 18.0 Å². The first-order chi connectivity index (χ1) is 15.2. The summed E-state index contributed by atoms with van der Waals surface area (Å²) in [6.07, 6.45) is -2.68. The van der Waals surface area contributed by atoms with Gasteiger partial charge >= 0.3 is 6.18 Å². The Morgan fingerprint density at radius 1 is 0.938 bits per heavy atom. The molecule has 0 unspecified atom stereocenters. The summed E-state index contributed by atoms with van der Waals surface area (Å²) in [6, 6.07) is 12.6. The third kappa shape index (κ3) is 3.32. The Labute approximate surface area is 182 Å². The van der Waals surface area contributed by atoms with E-state index in [4.69, 9.17) is 0 Å². The SMILES string of the molecule is Cc1cc(-c2ccc3cc(C(F)(F)F)ccc3n2)ccc1N1CCn2ncc(C)c2C1=O. The van der Waals surface area contributed by atoms with Gasteiger partial charge in [0.25, 0.3) is 5.91 Å². The summed E-state index contributed by atoms with van der Waals surface area (Å²) in [6.45, 7) is 4.96. The Morgan fingerprint density at radius 2 is 1.75 bits per heavy atom. The van der Waals surface area contributed by atoms with Crippen LogP contribution < -0.4 is 4.90 Å². The van der Waals surface area contributed by atoms with Crippen molar-refractivity contribution in [3.8, 4) is 11.3 Å². The summed E-state index contributed by atoms with van der Waals surface area (Å²) < 4.78 is 40.6. The van der Waals surface area contributed by atoms with Crippen LogP contribution >= 0.6 is 0 Å². The van der Waals surface area contributed by atoms with E-state index < -0.39 is 11.7 Å². The third-order valence-corrected chi connectivity index (χ3v) is 5.81. The molecule has 0 radical (unpaired) electrons. The molecule has 2 aromatic heterocycles. The van der Waals surface area contributed by atoms with Crippen molar-refractivity contribution in [2.24, 2.45) is 0 Å². The number of amides is 1. The summed E-state index contributed by atoms with van der Waals surface area (Å²) in [5.41, 5.74) is 4.48. The largest absolute Gasteiger partial charge is 0.416 e. The summed E-state index contributed by atoms with van der Waals surface area (Å²) in [4.78, 5) is 19.3. The lowest BCUT2D eigenvalue weighted by molar-refractivity contribution is -0.137. The van der Waals surface area contributed by atoms with E-state index in [1.807, 2.05) is 32.0 Å². The third-order valence-electron chi connectivity index (χ3n) is 5.81. The molecule has 1 aliphatic rings. The Morgan fingerprint density at radius 3 is 2.50 bits per heavy atom. The zero-order valence-electron chi connectivity index (χ0n) is 17.4. The van der Waals surface area contributed by atoms with Gasteiger partial charge in [0.2, 0.25) is 0 Å². The van der Waals surface area contributed by atoms with Gasteiger partial charge in [-0.2, -0.15) is 18.3 Å². The van der Waals surface area contributed by atoms with Gasteiger partial charge in [-0.3, -0.25) is 9.48 Å². The number of aryl methyl sites for hydroxylation is 2. The smallest absolute Gasteiger partial charge is 0.305 e. The number of aromatic nitrogens is 3. The molecule has 2 aromatic carbocycles. The second-order valence-corrected chi connectivity index (χ2v) is 7.96. The number of carbonyl (C=O) groups excluding carboxylic acids is 1.